The number of amides is 1. The van der Waals surface area contributed by atoms with E-state index in [1.807, 2.05) is 0 Å². The second-order valence-electron chi connectivity index (χ2n) is 6.73. The van der Waals surface area contributed by atoms with Gasteiger partial charge in [0.2, 0.25) is 0 Å². The summed E-state index contributed by atoms with van der Waals surface area (Å²) in [6, 6.07) is -0.808. The van der Waals surface area contributed by atoms with Crippen LogP contribution in [0.5, 0.6) is 0 Å². The van der Waals surface area contributed by atoms with Gasteiger partial charge in [-0.25, -0.2) is 9.59 Å². The molecule has 0 spiro atoms. The van der Waals surface area contributed by atoms with Crippen LogP contribution in [0.1, 0.15) is 33.6 Å². The molecule has 1 saturated heterocycles. The standard InChI is InChI=1S/C14H24N2O4/c1-14(2,3)20-13(19)16-7-6-15(8-10-4-5-10)9-11(16)12(17)18/h10-11H,4-9H2,1-3H3,(H,17,18). The molecule has 1 saturated carbocycles. The molecule has 2 fully saturated rings. The van der Waals surface area contributed by atoms with Crippen molar-refractivity contribution < 1.29 is 19.4 Å². The number of carbonyl (C=O) groups excluding carboxylic acids is 1. The van der Waals surface area contributed by atoms with Gasteiger partial charge in [-0.2, -0.15) is 0 Å². The molecule has 114 valence electrons. The molecule has 6 heteroatoms. The molecule has 1 aliphatic carbocycles. The van der Waals surface area contributed by atoms with Crippen LogP contribution in [0.4, 0.5) is 4.79 Å². The van der Waals surface area contributed by atoms with Crippen LogP contribution in [0, 0.1) is 5.92 Å². The lowest BCUT2D eigenvalue weighted by Crippen LogP contribution is -2.59. The fourth-order valence-electron chi connectivity index (χ4n) is 2.42. The fraction of sp³-hybridized carbons (Fsp3) is 0.857. The summed E-state index contributed by atoms with van der Waals surface area (Å²) in [5.41, 5.74) is -0.606. The van der Waals surface area contributed by atoms with Crippen LogP contribution < -0.4 is 0 Å². The van der Waals surface area contributed by atoms with Crippen LogP contribution in [0.15, 0.2) is 0 Å². The lowest BCUT2D eigenvalue weighted by molar-refractivity contribution is -0.145. The Labute approximate surface area is 119 Å². The van der Waals surface area contributed by atoms with Gasteiger partial charge < -0.3 is 9.84 Å². The number of carbonyl (C=O) groups is 2. The Morgan fingerprint density at radius 2 is 1.90 bits per heavy atom. The minimum atomic E-state index is -0.962. The fourth-order valence-corrected chi connectivity index (χ4v) is 2.42. The first-order valence-corrected chi connectivity index (χ1v) is 7.21. The van der Waals surface area contributed by atoms with Crippen LogP contribution in [0.3, 0.4) is 0 Å². The second kappa shape index (κ2) is 5.60. The van der Waals surface area contributed by atoms with Crippen molar-refractivity contribution in [2.75, 3.05) is 26.2 Å². The lowest BCUT2D eigenvalue weighted by Gasteiger charge is -2.39. The summed E-state index contributed by atoms with van der Waals surface area (Å²) >= 11 is 0. The van der Waals surface area contributed by atoms with E-state index in [9.17, 15) is 14.7 Å². The number of piperazine rings is 1. The molecule has 0 bridgehead atoms. The molecule has 1 aliphatic heterocycles. The Morgan fingerprint density at radius 3 is 2.40 bits per heavy atom. The smallest absolute Gasteiger partial charge is 0.411 e. The number of rotatable bonds is 3. The Kier molecular flexibility index (Phi) is 4.22. The van der Waals surface area contributed by atoms with Crippen molar-refractivity contribution in [1.82, 2.24) is 9.80 Å². The Hall–Kier alpha value is -1.30. The van der Waals surface area contributed by atoms with Crippen molar-refractivity contribution in [3.63, 3.8) is 0 Å². The zero-order valence-electron chi connectivity index (χ0n) is 12.5. The van der Waals surface area contributed by atoms with Crippen LogP contribution in [0.25, 0.3) is 0 Å². The third-order valence-corrected chi connectivity index (χ3v) is 3.59. The Morgan fingerprint density at radius 1 is 1.25 bits per heavy atom. The lowest BCUT2D eigenvalue weighted by atomic mass is 10.1. The van der Waals surface area contributed by atoms with Gasteiger partial charge in [0.1, 0.15) is 11.6 Å². The van der Waals surface area contributed by atoms with Crippen molar-refractivity contribution in [2.45, 2.75) is 45.3 Å². The molecule has 1 amide bonds. The molecule has 1 N–H and O–H groups in total. The van der Waals surface area contributed by atoms with E-state index in [0.29, 0.717) is 13.1 Å². The van der Waals surface area contributed by atoms with E-state index in [0.717, 1.165) is 19.0 Å². The summed E-state index contributed by atoms with van der Waals surface area (Å²) in [7, 11) is 0. The van der Waals surface area contributed by atoms with E-state index in [2.05, 4.69) is 4.90 Å². The average Bonchev–Trinajstić information content (AvgIpc) is 3.10. The molecular weight excluding hydrogens is 260 g/mol. The summed E-state index contributed by atoms with van der Waals surface area (Å²) in [6.45, 7) is 7.83. The third-order valence-electron chi connectivity index (χ3n) is 3.59. The van der Waals surface area contributed by atoms with Gasteiger partial charge in [-0.15, -0.1) is 0 Å². The minimum absolute atomic E-state index is 0.394. The van der Waals surface area contributed by atoms with Gasteiger partial charge in [0.05, 0.1) is 0 Å². The molecule has 0 aromatic heterocycles. The number of nitrogens with zero attached hydrogens (tertiary/aromatic N) is 2. The monoisotopic (exact) mass is 284 g/mol. The number of aliphatic carboxylic acids is 1. The highest BCUT2D eigenvalue weighted by Crippen LogP contribution is 2.30. The molecule has 1 atom stereocenters. The predicted molar refractivity (Wildman–Crippen MR) is 73.5 cm³/mol. The number of ether oxygens (including phenoxy) is 1. The van der Waals surface area contributed by atoms with Crippen molar-refractivity contribution in [2.24, 2.45) is 5.92 Å². The Bertz CT molecular complexity index is 387. The normalized spacial score (nSPS) is 24.6. The summed E-state index contributed by atoms with van der Waals surface area (Å²) in [6.07, 6.45) is 1.95. The average molecular weight is 284 g/mol. The van der Waals surface area contributed by atoms with E-state index >= 15 is 0 Å². The first-order chi connectivity index (χ1) is 9.26. The van der Waals surface area contributed by atoms with Gasteiger partial charge in [-0.1, -0.05) is 0 Å². The highest BCUT2D eigenvalue weighted by Gasteiger charge is 2.38. The first-order valence-electron chi connectivity index (χ1n) is 7.21. The van der Waals surface area contributed by atoms with E-state index in [1.165, 1.54) is 17.7 Å². The van der Waals surface area contributed by atoms with Gasteiger partial charge in [0.25, 0.3) is 0 Å². The molecule has 0 aromatic carbocycles. The van der Waals surface area contributed by atoms with Crippen molar-refractivity contribution in [1.29, 1.82) is 0 Å². The van der Waals surface area contributed by atoms with Crippen molar-refractivity contribution in [3.8, 4) is 0 Å². The summed E-state index contributed by atoms with van der Waals surface area (Å²) < 4.78 is 5.29. The molecule has 6 nitrogen and oxygen atoms in total. The zero-order valence-corrected chi connectivity index (χ0v) is 12.5. The molecular formula is C14H24N2O4. The maximum absolute atomic E-state index is 12.1. The van der Waals surface area contributed by atoms with Gasteiger partial charge >= 0.3 is 12.1 Å². The van der Waals surface area contributed by atoms with Crippen LogP contribution >= 0.6 is 0 Å². The molecule has 0 aromatic rings. The predicted octanol–water partition coefficient (Wildman–Crippen LogP) is 1.40. The third kappa shape index (κ3) is 4.10. The molecule has 2 aliphatic rings. The molecule has 20 heavy (non-hydrogen) atoms. The molecule has 2 rings (SSSR count). The zero-order chi connectivity index (χ0) is 14.9. The van der Waals surface area contributed by atoms with Gasteiger partial charge in [0.15, 0.2) is 0 Å². The SMILES string of the molecule is CC(C)(C)OC(=O)N1CCN(CC2CC2)CC1C(=O)O. The van der Waals surface area contributed by atoms with Gasteiger partial charge in [0, 0.05) is 26.2 Å². The second-order valence-corrected chi connectivity index (χ2v) is 6.73. The first kappa shape index (κ1) is 15.1. The highest BCUT2D eigenvalue weighted by atomic mass is 16.6. The largest absolute Gasteiger partial charge is 0.480 e. The molecule has 1 unspecified atom stereocenters. The number of carboxylic acid groups (broad SMARTS) is 1. The molecule has 1 heterocycles. The van der Waals surface area contributed by atoms with Crippen molar-refractivity contribution >= 4 is 12.1 Å². The van der Waals surface area contributed by atoms with Gasteiger partial charge in [-0.3, -0.25) is 9.80 Å². The topological polar surface area (TPSA) is 70.1 Å². The summed E-state index contributed by atoms with van der Waals surface area (Å²) in [5.74, 6) is -0.242. The summed E-state index contributed by atoms with van der Waals surface area (Å²) in [4.78, 5) is 27.0. The summed E-state index contributed by atoms with van der Waals surface area (Å²) in [5, 5.41) is 9.35. The van der Waals surface area contributed by atoms with E-state index < -0.39 is 23.7 Å². The quantitative estimate of drug-likeness (QED) is 0.848. The van der Waals surface area contributed by atoms with Crippen LogP contribution in [0.2, 0.25) is 0 Å². The van der Waals surface area contributed by atoms with Crippen molar-refractivity contribution in [3.05, 3.63) is 0 Å². The maximum Gasteiger partial charge on any atom is 0.411 e. The van der Waals surface area contributed by atoms with E-state index in [1.54, 1.807) is 20.8 Å². The van der Waals surface area contributed by atoms with E-state index in [-0.39, 0.29) is 0 Å². The van der Waals surface area contributed by atoms with Crippen LogP contribution in [-0.2, 0) is 9.53 Å². The number of hydrogen-bond donors (Lipinski definition) is 1. The van der Waals surface area contributed by atoms with E-state index in [4.69, 9.17) is 4.74 Å². The van der Waals surface area contributed by atoms with Crippen LogP contribution in [-0.4, -0.2) is 64.8 Å². The Balaban J connectivity index is 1.97. The van der Waals surface area contributed by atoms with Gasteiger partial charge in [-0.05, 0) is 39.5 Å². The number of carboxylic acids is 1. The maximum atomic E-state index is 12.1. The number of hydrogen-bond acceptors (Lipinski definition) is 4. The molecule has 0 radical (unpaired) electrons. The highest BCUT2D eigenvalue weighted by molar-refractivity contribution is 5.80. The minimum Gasteiger partial charge on any atom is -0.480 e.